The molecule has 3 aliphatic rings. The van der Waals surface area contributed by atoms with Crippen LogP contribution in [0.25, 0.3) is 5.57 Å². The SMILES string of the molecule is Cc1cccc(NC(=S)N2CCC3C=C(c4ccc(C5CCC(CC(=O)O)CC5)cc4)C=CC32)c1. The molecule has 0 spiro atoms. The number of carboxylic acid groups (broad SMARTS) is 1. The van der Waals surface area contributed by atoms with Crippen LogP contribution in [0.5, 0.6) is 0 Å². The Bertz CT molecular complexity index is 1150. The normalized spacial score (nSPS) is 25.6. The Balaban J connectivity index is 1.19. The number of aryl methyl sites for hydroxylation is 1. The highest BCUT2D eigenvalue weighted by molar-refractivity contribution is 7.80. The van der Waals surface area contributed by atoms with Crippen LogP contribution in [0.3, 0.4) is 0 Å². The van der Waals surface area contributed by atoms with Crippen LogP contribution in [0.15, 0.2) is 66.8 Å². The molecule has 0 aromatic heterocycles. The first kappa shape index (κ1) is 23.8. The molecule has 35 heavy (non-hydrogen) atoms. The maximum absolute atomic E-state index is 11.0. The Morgan fingerprint density at radius 2 is 1.86 bits per heavy atom. The van der Waals surface area contributed by atoms with Gasteiger partial charge in [-0.1, -0.05) is 54.6 Å². The third-order valence-corrected chi connectivity index (χ3v) is 8.26. The highest BCUT2D eigenvalue weighted by Gasteiger charge is 2.34. The molecule has 0 bridgehead atoms. The predicted molar refractivity (Wildman–Crippen MR) is 147 cm³/mol. The lowest BCUT2D eigenvalue weighted by molar-refractivity contribution is -0.138. The zero-order valence-electron chi connectivity index (χ0n) is 20.3. The van der Waals surface area contributed by atoms with E-state index in [1.54, 1.807) is 0 Å². The molecule has 0 amide bonds. The first-order valence-electron chi connectivity index (χ1n) is 12.8. The smallest absolute Gasteiger partial charge is 0.303 e. The van der Waals surface area contributed by atoms with Crippen molar-refractivity contribution in [1.82, 2.24) is 4.90 Å². The summed E-state index contributed by atoms with van der Waals surface area (Å²) in [4.78, 5) is 13.3. The first-order valence-corrected chi connectivity index (χ1v) is 13.2. The Hall–Kier alpha value is -2.92. The maximum Gasteiger partial charge on any atom is 0.303 e. The quantitative estimate of drug-likeness (QED) is 0.456. The van der Waals surface area contributed by atoms with Gasteiger partial charge in [-0.3, -0.25) is 4.79 Å². The average molecular weight is 487 g/mol. The summed E-state index contributed by atoms with van der Waals surface area (Å²) in [6, 6.07) is 17.7. The van der Waals surface area contributed by atoms with Crippen molar-refractivity contribution in [2.24, 2.45) is 11.8 Å². The number of hydrogen-bond acceptors (Lipinski definition) is 2. The molecule has 5 rings (SSSR count). The van der Waals surface area contributed by atoms with Crippen LogP contribution >= 0.6 is 12.2 Å². The van der Waals surface area contributed by atoms with E-state index in [-0.39, 0.29) is 0 Å². The molecular weight excluding hydrogens is 452 g/mol. The van der Waals surface area contributed by atoms with Gasteiger partial charge >= 0.3 is 5.97 Å². The molecule has 2 N–H and O–H groups in total. The van der Waals surface area contributed by atoms with Crippen LogP contribution < -0.4 is 5.32 Å². The fourth-order valence-corrected chi connectivity index (χ4v) is 6.33. The minimum Gasteiger partial charge on any atom is -0.481 e. The van der Waals surface area contributed by atoms with E-state index < -0.39 is 5.97 Å². The Morgan fingerprint density at radius 3 is 2.57 bits per heavy atom. The minimum atomic E-state index is -0.663. The maximum atomic E-state index is 11.0. The number of hydrogen-bond donors (Lipinski definition) is 2. The van der Waals surface area contributed by atoms with Crippen LogP contribution in [0.2, 0.25) is 0 Å². The Kier molecular flexibility index (Phi) is 7.05. The molecule has 2 aromatic rings. The lowest BCUT2D eigenvalue weighted by Crippen LogP contribution is -2.39. The van der Waals surface area contributed by atoms with Crippen LogP contribution in [-0.4, -0.2) is 33.7 Å². The van der Waals surface area contributed by atoms with Crippen molar-refractivity contribution in [3.63, 3.8) is 0 Å². The largest absolute Gasteiger partial charge is 0.481 e. The standard InChI is InChI=1S/C30H34N2O2S/c1-20-3-2-4-27(17-20)31-30(35)32-16-15-26-19-25(13-14-28(26)32)24-11-9-23(10-12-24)22-7-5-21(6-8-22)18-29(33)34/h2-4,9-14,17,19,21-22,26,28H,5-8,15-16,18H2,1H3,(H,31,35)(H,33,34). The highest BCUT2D eigenvalue weighted by atomic mass is 32.1. The minimum absolute atomic E-state index is 0.309. The van der Waals surface area contributed by atoms with E-state index in [2.05, 4.69) is 83.9 Å². The molecule has 1 saturated carbocycles. The summed E-state index contributed by atoms with van der Waals surface area (Å²) in [6.45, 7) is 3.06. The van der Waals surface area contributed by atoms with Gasteiger partial charge in [-0.2, -0.15) is 0 Å². The summed E-state index contributed by atoms with van der Waals surface area (Å²) in [5.74, 6) is 0.707. The number of fused-ring (bicyclic) bond motifs is 1. The summed E-state index contributed by atoms with van der Waals surface area (Å²) in [7, 11) is 0. The van der Waals surface area contributed by atoms with E-state index in [4.69, 9.17) is 17.3 Å². The van der Waals surface area contributed by atoms with Gasteiger partial charge in [0.1, 0.15) is 0 Å². The Labute approximate surface area is 213 Å². The number of allylic oxidation sites excluding steroid dienone is 2. The third kappa shape index (κ3) is 5.51. The molecular formula is C30H34N2O2S. The van der Waals surface area contributed by atoms with Gasteiger partial charge in [-0.05, 0) is 97.5 Å². The number of carbonyl (C=O) groups is 1. The zero-order chi connectivity index (χ0) is 24.4. The topological polar surface area (TPSA) is 52.6 Å². The molecule has 182 valence electrons. The molecule has 2 aliphatic carbocycles. The molecule has 2 fully saturated rings. The van der Waals surface area contributed by atoms with E-state index in [1.165, 1.54) is 22.3 Å². The van der Waals surface area contributed by atoms with Crippen molar-refractivity contribution in [1.29, 1.82) is 0 Å². The number of benzene rings is 2. The predicted octanol–water partition coefficient (Wildman–Crippen LogP) is 6.78. The van der Waals surface area contributed by atoms with Crippen molar-refractivity contribution in [2.45, 2.75) is 57.4 Å². The number of anilines is 1. The summed E-state index contributed by atoms with van der Waals surface area (Å²) >= 11 is 5.77. The second kappa shape index (κ2) is 10.4. The van der Waals surface area contributed by atoms with Crippen LogP contribution in [0.1, 0.15) is 61.1 Å². The number of nitrogens with zero attached hydrogens (tertiary/aromatic N) is 1. The molecule has 4 nitrogen and oxygen atoms in total. The van der Waals surface area contributed by atoms with Gasteiger partial charge in [0.25, 0.3) is 0 Å². The van der Waals surface area contributed by atoms with E-state index in [1.807, 2.05) is 0 Å². The molecule has 1 heterocycles. The number of thiocarbonyl (C=S) groups is 1. The van der Waals surface area contributed by atoms with E-state index in [9.17, 15) is 4.79 Å². The van der Waals surface area contributed by atoms with Crippen molar-refractivity contribution in [2.75, 3.05) is 11.9 Å². The lowest BCUT2D eigenvalue weighted by atomic mass is 9.77. The molecule has 0 radical (unpaired) electrons. The van der Waals surface area contributed by atoms with Gasteiger partial charge in [-0.15, -0.1) is 0 Å². The van der Waals surface area contributed by atoms with Gasteiger partial charge in [0.2, 0.25) is 0 Å². The lowest BCUT2D eigenvalue weighted by Gasteiger charge is -2.30. The monoisotopic (exact) mass is 486 g/mol. The zero-order valence-corrected chi connectivity index (χ0v) is 21.1. The second-order valence-electron chi connectivity index (χ2n) is 10.4. The number of nitrogens with one attached hydrogen (secondary N) is 1. The van der Waals surface area contributed by atoms with Gasteiger partial charge in [0.15, 0.2) is 5.11 Å². The van der Waals surface area contributed by atoms with Crippen molar-refractivity contribution in [3.05, 3.63) is 83.4 Å². The summed E-state index contributed by atoms with van der Waals surface area (Å²) in [6.07, 6.45) is 12.6. The van der Waals surface area contributed by atoms with E-state index >= 15 is 0 Å². The summed E-state index contributed by atoms with van der Waals surface area (Å²) in [5, 5.41) is 13.3. The van der Waals surface area contributed by atoms with Crippen molar-refractivity contribution < 1.29 is 9.90 Å². The molecule has 2 unspecified atom stereocenters. The number of aliphatic carboxylic acids is 1. The fourth-order valence-electron chi connectivity index (χ4n) is 6.00. The molecule has 1 saturated heterocycles. The fraction of sp³-hybridized carbons (Fsp3) is 0.400. The molecule has 1 aliphatic heterocycles. The van der Waals surface area contributed by atoms with Gasteiger partial charge in [0.05, 0.1) is 6.04 Å². The van der Waals surface area contributed by atoms with E-state index in [0.29, 0.717) is 30.2 Å². The van der Waals surface area contributed by atoms with Crippen LogP contribution in [0, 0.1) is 18.8 Å². The van der Waals surface area contributed by atoms with Gasteiger partial charge in [-0.25, -0.2) is 0 Å². The number of likely N-dealkylation sites (tertiary alicyclic amines) is 1. The number of carboxylic acids is 1. The van der Waals surface area contributed by atoms with Crippen LogP contribution in [-0.2, 0) is 4.79 Å². The third-order valence-electron chi connectivity index (χ3n) is 7.92. The highest BCUT2D eigenvalue weighted by Crippen LogP contribution is 2.38. The molecule has 5 heteroatoms. The first-order chi connectivity index (χ1) is 17.0. The summed E-state index contributed by atoms with van der Waals surface area (Å²) < 4.78 is 0. The number of rotatable bonds is 5. The summed E-state index contributed by atoms with van der Waals surface area (Å²) in [5.41, 5.74) is 6.22. The van der Waals surface area contributed by atoms with Crippen molar-refractivity contribution >= 4 is 34.6 Å². The van der Waals surface area contributed by atoms with E-state index in [0.717, 1.165) is 49.4 Å². The second-order valence-corrected chi connectivity index (χ2v) is 10.7. The van der Waals surface area contributed by atoms with Gasteiger partial charge in [0, 0.05) is 24.6 Å². The molecule has 2 aromatic carbocycles. The average Bonchev–Trinajstić information content (AvgIpc) is 3.28. The Morgan fingerprint density at radius 1 is 1.09 bits per heavy atom. The van der Waals surface area contributed by atoms with Gasteiger partial charge < -0.3 is 15.3 Å². The molecule has 2 atom stereocenters. The van der Waals surface area contributed by atoms with Crippen LogP contribution in [0.4, 0.5) is 5.69 Å². The van der Waals surface area contributed by atoms with Crippen molar-refractivity contribution in [3.8, 4) is 0 Å².